The van der Waals surface area contributed by atoms with E-state index in [1.807, 2.05) is 47.4 Å². The van der Waals surface area contributed by atoms with E-state index in [1.54, 1.807) is 7.11 Å². The summed E-state index contributed by atoms with van der Waals surface area (Å²) in [5.41, 5.74) is 7.60. The van der Waals surface area contributed by atoms with Gasteiger partial charge in [-0.2, -0.15) is 13.2 Å². The van der Waals surface area contributed by atoms with Crippen LogP contribution in [-0.2, 0) is 23.8 Å². The summed E-state index contributed by atoms with van der Waals surface area (Å²) in [6.45, 7) is 0.491. The molecule has 3 aromatic rings. The summed E-state index contributed by atoms with van der Waals surface area (Å²) in [6, 6.07) is 14.3. The minimum atomic E-state index is -4.63. The second kappa shape index (κ2) is 10.8. The molecular formula is C28H28F4N2O3. The first-order chi connectivity index (χ1) is 17.6. The number of amides is 1. The SMILES string of the molecule is COc1cc2c(cc1OC)[C@H](CCc1ccc(C(F)(F)F)cc1F)N([C@@H](C(N)=O)c1ccccc1)CC2. The van der Waals surface area contributed by atoms with Gasteiger partial charge in [-0.1, -0.05) is 36.4 Å². The Balaban J connectivity index is 1.74. The average molecular weight is 517 g/mol. The number of carbonyl (C=O) groups excluding carboxylic acids is 1. The van der Waals surface area contributed by atoms with Gasteiger partial charge in [0.05, 0.1) is 19.8 Å². The van der Waals surface area contributed by atoms with Crippen molar-refractivity contribution in [2.75, 3.05) is 20.8 Å². The van der Waals surface area contributed by atoms with E-state index < -0.39 is 29.5 Å². The molecule has 2 atom stereocenters. The molecular weight excluding hydrogens is 488 g/mol. The van der Waals surface area contributed by atoms with E-state index in [4.69, 9.17) is 15.2 Å². The van der Waals surface area contributed by atoms with Crippen molar-refractivity contribution >= 4 is 5.91 Å². The van der Waals surface area contributed by atoms with Gasteiger partial charge < -0.3 is 15.2 Å². The summed E-state index contributed by atoms with van der Waals surface area (Å²) in [7, 11) is 3.07. The predicted octanol–water partition coefficient (Wildman–Crippen LogP) is 5.62. The largest absolute Gasteiger partial charge is 0.493 e. The minimum Gasteiger partial charge on any atom is -0.493 e. The quantitative estimate of drug-likeness (QED) is 0.395. The van der Waals surface area contributed by atoms with Gasteiger partial charge in [-0.05, 0) is 65.8 Å². The van der Waals surface area contributed by atoms with E-state index >= 15 is 0 Å². The van der Waals surface area contributed by atoms with Crippen molar-refractivity contribution < 1.29 is 31.8 Å². The van der Waals surface area contributed by atoms with Gasteiger partial charge in [0.2, 0.25) is 5.91 Å². The van der Waals surface area contributed by atoms with E-state index in [9.17, 15) is 22.4 Å². The molecule has 1 amide bonds. The molecule has 3 aromatic carbocycles. The highest BCUT2D eigenvalue weighted by atomic mass is 19.4. The number of alkyl halides is 3. The van der Waals surface area contributed by atoms with Crippen molar-refractivity contribution in [1.82, 2.24) is 4.90 Å². The lowest BCUT2D eigenvalue weighted by atomic mass is 9.86. The molecule has 37 heavy (non-hydrogen) atoms. The molecule has 0 bridgehead atoms. The highest BCUT2D eigenvalue weighted by Crippen LogP contribution is 2.43. The van der Waals surface area contributed by atoms with Crippen LogP contribution < -0.4 is 15.2 Å². The van der Waals surface area contributed by atoms with Crippen molar-refractivity contribution in [2.24, 2.45) is 5.73 Å². The fourth-order valence-electron chi connectivity index (χ4n) is 5.05. The molecule has 9 heteroatoms. The molecule has 0 aliphatic carbocycles. The Labute approximate surface area is 212 Å². The van der Waals surface area contributed by atoms with Gasteiger partial charge in [0.1, 0.15) is 11.9 Å². The Morgan fingerprint density at radius 2 is 1.73 bits per heavy atom. The highest BCUT2D eigenvalue weighted by molar-refractivity contribution is 5.81. The number of hydrogen-bond acceptors (Lipinski definition) is 4. The van der Waals surface area contributed by atoms with Gasteiger partial charge in [0.15, 0.2) is 11.5 Å². The van der Waals surface area contributed by atoms with Crippen molar-refractivity contribution in [3.8, 4) is 11.5 Å². The van der Waals surface area contributed by atoms with Crippen molar-refractivity contribution in [3.63, 3.8) is 0 Å². The fraction of sp³-hybridized carbons (Fsp3) is 0.321. The van der Waals surface area contributed by atoms with Crippen LogP contribution in [0.2, 0.25) is 0 Å². The number of nitrogens with two attached hydrogens (primary N) is 1. The number of benzene rings is 3. The number of carbonyl (C=O) groups is 1. The van der Waals surface area contributed by atoms with Gasteiger partial charge in [-0.15, -0.1) is 0 Å². The first-order valence-electron chi connectivity index (χ1n) is 11.8. The number of rotatable bonds is 8. The maximum absolute atomic E-state index is 14.7. The molecule has 1 heterocycles. The Kier molecular flexibility index (Phi) is 7.73. The van der Waals surface area contributed by atoms with Gasteiger partial charge in [-0.3, -0.25) is 9.69 Å². The smallest absolute Gasteiger partial charge is 0.416 e. The molecule has 196 valence electrons. The Morgan fingerprint density at radius 1 is 1.05 bits per heavy atom. The molecule has 0 saturated carbocycles. The molecule has 0 radical (unpaired) electrons. The number of fused-ring (bicyclic) bond motifs is 1. The zero-order chi connectivity index (χ0) is 26.7. The maximum atomic E-state index is 14.7. The van der Waals surface area contributed by atoms with E-state index in [2.05, 4.69) is 0 Å². The van der Waals surface area contributed by atoms with Crippen LogP contribution in [0.4, 0.5) is 17.6 Å². The molecule has 0 spiro atoms. The lowest BCUT2D eigenvalue weighted by molar-refractivity contribution is -0.137. The number of ether oxygens (including phenoxy) is 2. The van der Waals surface area contributed by atoms with E-state index in [1.165, 1.54) is 13.2 Å². The van der Waals surface area contributed by atoms with E-state index in [0.717, 1.165) is 22.8 Å². The average Bonchev–Trinajstić information content (AvgIpc) is 2.87. The third-order valence-electron chi connectivity index (χ3n) is 6.83. The molecule has 0 fully saturated rings. The number of primary amides is 1. The van der Waals surface area contributed by atoms with Crippen molar-refractivity contribution in [3.05, 3.63) is 94.3 Å². The second-order valence-corrected chi connectivity index (χ2v) is 8.97. The third-order valence-corrected chi connectivity index (χ3v) is 6.83. The van der Waals surface area contributed by atoms with Crippen LogP contribution in [0.3, 0.4) is 0 Å². The summed E-state index contributed by atoms with van der Waals surface area (Å²) < 4.78 is 64.7. The second-order valence-electron chi connectivity index (χ2n) is 8.97. The zero-order valence-electron chi connectivity index (χ0n) is 20.5. The molecule has 0 aromatic heterocycles. The number of nitrogens with zero attached hydrogens (tertiary/aromatic N) is 1. The van der Waals surface area contributed by atoms with Crippen LogP contribution in [0, 0.1) is 5.82 Å². The lowest BCUT2D eigenvalue weighted by Crippen LogP contribution is -2.44. The normalized spacial score (nSPS) is 16.6. The van der Waals surface area contributed by atoms with E-state index in [-0.39, 0.29) is 18.0 Å². The van der Waals surface area contributed by atoms with Gasteiger partial charge in [0.25, 0.3) is 0 Å². The summed E-state index contributed by atoms with van der Waals surface area (Å²) in [4.78, 5) is 14.7. The predicted molar refractivity (Wildman–Crippen MR) is 131 cm³/mol. The number of halogens is 4. The van der Waals surface area contributed by atoms with Crippen molar-refractivity contribution in [2.45, 2.75) is 37.5 Å². The van der Waals surface area contributed by atoms with E-state index in [0.29, 0.717) is 37.0 Å². The summed E-state index contributed by atoms with van der Waals surface area (Å²) in [5, 5.41) is 0. The highest BCUT2D eigenvalue weighted by Gasteiger charge is 2.37. The third kappa shape index (κ3) is 5.56. The molecule has 5 nitrogen and oxygen atoms in total. The van der Waals surface area contributed by atoms with Gasteiger partial charge in [0, 0.05) is 12.6 Å². The monoisotopic (exact) mass is 516 g/mol. The van der Waals surface area contributed by atoms with Crippen LogP contribution in [0.25, 0.3) is 0 Å². The molecule has 2 N–H and O–H groups in total. The topological polar surface area (TPSA) is 64.8 Å². The number of aryl methyl sites for hydroxylation is 1. The molecule has 0 saturated heterocycles. The standard InChI is InChI=1S/C28H28F4N2O3/c1-36-24-14-19-12-13-34(26(27(33)35)18-6-4-3-5-7-18)23(21(19)16-25(24)37-2)11-9-17-8-10-20(15-22(17)29)28(30,31)32/h3-8,10,14-16,23,26H,9,11-13H2,1-2H3,(H2,33,35)/t23-,26+/m0/s1. The fourth-order valence-corrected chi connectivity index (χ4v) is 5.05. The minimum absolute atomic E-state index is 0.152. The molecule has 1 aliphatic rings. The van der Waals surface area contributed by atoms with Crippen LogP contribution in [-0.4, -0.2) is 31.6 Å². The first-order valence-corrected chi connectivity index (χ1v) is 11.8. The Hall–Kier alpha value is -3.59. The van der Waals surface area contributed by atoms with Crippen LogP contribution >= 0.6 is 0 Å². The maximum Gasteiger partial charge on any atom is 0.416 e. The van der Waals surface area contributed by atoms with Crippen LogP contribution in [0.15, 0.2) is 60.7 Å². The van der Waals surface area contributed by atoms with Crippen LogP contribution in [0.1, 0.15) is 46.3 Å². The summed E-state index contributed by atoms with van der Waals surface area (Å²) in [6.07, 6.45) is -3.53. The number of methoxy groups -OCH3 is 2. The first kappa shape index (κ1) is 26.5. The summed E-state index contributed by atoms with van der Waals surface area (Å²) in [5.74, 6) is -0.374. The lowest BCUT2D eigenvalue weighted by Gasteiger charge is -2.41. The van der Waals surface area contributed by atoms with Gasteiger partial charge in [-0.25, -0.2) is 4.39 Å². The van der Waals surface area contributed by atoms with Crippen molar-refractivity contribution in [1.29, 1.82) is 0 Å². The van der Waals surface area contributed by atoms with Crippen LogP contribution in [0.5, 0.6) is 11.5 Å². The van der Waals surface area contributed by atoms with Gasteiger partial charge >= 0.3 is 6.18 Å². The zero-order valence-corrected chi connectivity index (χ0v) is 20.5. The molecule has 1 aliphatic heterocycles. The Morgan fingerprint density at radius 3 is 2.32 bits per heavy atom. The summed E-state index contributed by atoms with van der Waals surface area (Å²) >= 11 is 0. The number of hydrogen-bond donors (Lipinski definition) is 1. The molecule has 0 unspecified atom stereocenters. The molecule has 4 rings (SSSR count). The Bertz CT molecular complexity index is 1260.